The molecular formula is C12H24N4O2S. The summed E-state index contributed by atoms with van der Waals surface area (Å²) in [5.74, 6) is 0. The summed E-state index contributed by atoms with van der Waals surface area (Å²) in [6.07, 6.45) is 2.02. The number of piperazine rings is 1. The monoisotopic (exact) mass is 288 g/mol. The molecular weight excluding hydrogens is 264 g/mol. The lowest BCUT2D eigenvalue weighted by atomic mass is 10.2. The lowest BCUT2D eigenvalue weighted by Crippen LogP contribution is -2.49. The normalized spacial score (nSPS) is 20.4. The molecule has 0 aromatic rings. The molecule has 1 unspecified atom stereocenters. The molecule has 110 valence electrons. The van der Waals surface area contributed by atoms with Crippen LogP contribution in [0.2, 0.25) is 0 Å². The summed E-state index contributed by atoms with van der Waals surface area (Å²) in [5, 5.41) is 12.2. The molecule has 0 saturated carbocycles. The lowest BCUT2D eigenvalue weighted by Gasteiger charge is -2.33. The molecule has 19 heavy (non-hydrogen) atoms. The summed E-state index contributed by atoms with van der Waals surface area (Å²) in [6, 6.07) is 2.43. The predicted octanol–water partition coefficient (Wildman–Crippen LogP) is -0.156. The van der Waals surface area contributed by atoms with Crippen molar-refractivity contribution in [3.8, 4) is 6.07 Å². The third-order valence-corrected chi connectivity index (χ3v) is 4.53. The van der Waals surface area contributed by atoms with Crippen molar-refractivity contribution in [3.63, 3.8) is 0 Å². The van der Waals surface area contributed by atoms with Crippen molar-refractivity contribution in [1.82, 2.24) is 14.5 Å². The van der Waals surface area contributed by atoms with Gasteiger partial charge in [-0.05, 0) is 20.3 Å². The summed E-state index contributed by atoms with van der Waals surface area (Å²) in [4.78, 5) is 2.22. The average molecular weight is 288 g/mol. The Morgan fingerprint density at radius 2 is 1.84 bits per heavy atom. The van der Waals surface area contributed by atoms with Crippen LogP contribution in [0.1, 0.15) is 20.3 Å². The number of hydrogen-bond acceptors (Lipinski definition) is 5. The molecule has 1 atom stereocenters. The molecule has 0 aliphatic carbocycles. The van der Waals surface area contributed by atoms with Gasteiger partial charge in [-0.15, -0.1) is 0 Å². The zero-order chi connectivity index (χ0) is 14.5. The van der Waals surface area contributed by atoms with Gasteiger partial charge in [0, 0.05) is 38.8 Å². The van der Waals surface area contributed by atoms with Gasteiger partial charge in [-0.3, -0.25) is 5.32 Å². The highest BCUT2D eigenvalue weighted by Crippen LogP contribution is 2.07. The van der Waals surface area contributed by atoms with E-state index in [1.165, 1.54) is 10.6 Å². The smallest absolute Gasteiger partial charge is 0.211 e. The minimum Gasteiger partial charge on any atom is -0.301 e. The Hall–Kier alpha value is -0.680. The second-order valence-electron chi connectivity index (χ2n) is 5.30. The highest BCUT2D eigenvalue weighted by molar-refractivity contribution is 7.88. The molecule has 0 spiro atoms. The first kappa shape index (κ1) is 16.4. The molecule has 0 amide bonds. The van der Waals surface area contributed by atoms with Crippen molar-refractivity contribution in [2.24, 2.45) is 0 Å². The summed E-state index contributed by atoms with van der Waals surface area (Å²) < 4.78 is 24.3. The Balaban J connectivity index is 2.32. The molecule has 6 nitrogen and oxygen atoms in total. The van der Waals surface area contributed by atoms with E-state index in [2.05, 4.69) is 16.3 Å². The van der Waals surface area contributed by atoms with Crippen LogP contribution in [0.25, 0.3) is 0 Å². The van der Waals surface area contributed by atoms with E-state index in [1.807, 2.05) is 13.8 Å². The van der Waals surface area contributed by atoms with Gasteiger partial charge in [0.1, 0.15) is 0 Å². The molecule has 1 aliphatic heterocycles. The number of sulfonamides is 1. The van der Waals surface area contributed by atoms with Crippen LogP contribution in [0.5, 0.6) is 0 Å². The third kappa shape index (κ3) is 5.87. The summed E-state index contributed by atoms with van der Waals surface area (Å²) >= 11 is 0. The van der Waals surface area contributed by atoms with Crippen molar-refractivity contribution in [3.05, 3.63) is 0 Å². The Bertz CT molecular complexity index is 408. The molecule has 7 heteroatoms. The highest BCUT2D eigenvalue weighted by Gasteiger charge is 2.23. The van der Waals surface area contributed by atoms with E-state index >= 15 is 0 Å². The second-order valence-corrected chi connectivity index (χ2v) is 7.28. The standard InChI is InChI=1S/C12H24N4O2S/c1-11(2)14-12(10-13)4-5-15-6-8-16(9-7-15)19(3,17)18/h11-12,14H,4-9H2,1-3H3. The first-order valence-electron chi connectivity index (χ1n) is 6.66. The van der Waals surface area contributed by atoms with Gasteiger partial charge in [0.15, 0.2) is 0 Å². The fourth-order valence-electron chi connectivity index (χ4n) is 2.18. The maximum Gasteiger partial charge on any atom is 0.211 e. The van der Waals surface area contributed by atoms with Crippen LogP contribution in [-0.4, -0.2) is 68.7 Å². The van der Waals surface area contributed by atoms with Gasteiger partial charge in [-0.2, -0.15) is 9.57 Å². The minimum absolute atomic E-state index is 0.132. The van der Waals surface area contributed by atoms with Gasteiger partial charge >= 0.3 is 0 Å². The van der Waals surface area contributed by atoms with Crippen LogP contribution in [0, 0.1) is 11.3 Å². The van der Waals surface area contributed by atoms with Crippen molar-refractivity contribution in [1.29, 1.82) is 5.26 Å². The topological polar surface area (TPSA) is 76.4 Å². The number of nitrogens with zero attached hydrogens (tertiary/aromatic N) is 3. The first-order valence-corrected chi connectivity index (χ1v) is 8.51. The van der Waals surface area contributed by atoms with E-state index in [9.17, 15) is 8.42 Å². The molecule has 0 aromatic carbocycles. The van der Waals surface area contributed by atoms with Crippen molar-refractivity contribution >= 4 is 10.0 Å². The zero-order valence-electron chi connectivity index (χ0n) is 12.0. The highest BCUT2D eigenvalue weighted by atomic mass is 32.2. The Labute approximate surface area is 116 Å². The van der Waals surface area contributed by atoms with Crippen molar-refractivity contribution < 1.29 is 8.42 Å². The van der Waals surface area contributed by atoms with E-state index in [0.29, 0.717) is 19.1 Å². The molecule has 1 fully saturated rings. The number of hydrogen-bond donors (Lipinski definition) is 1. The van der Waals surface area contributed by atoms with Crippen LogP contribution in [0.4, 0.5) is 0 Å². The van der Waals surface area contributed by atoms with Crippen molar-refractivity contribution in [2.75, 3.05) is 39.0 Å². The number of nitrogens with one attached hydrogen (secondary N) is 1. The summed E-state index contributed by atoms with van der Waals surface area (Å²) in [5.41, 5.74) is 0. The molecule has 1 N–H and O–H groups in total. The van der Waals surface area contributed by atoms with Crippen LogP contribution in [-0.2, 0) is 10.0 Å². The van der Waals surface area contributed by atoms with E-state index in [1.54, 1.807) is 0 Å². The predicted molar refractivity (Wildman–Crippen MR) is 75.1 cm³/mol. The summed E-state index contributed by atoms with van der Waals surface area (Å²) in [7, 11) is -3.06. The van der Waals surface area contributed by atoms with Crippen LogP contribution < -0.4 is 5.32 Å². The molecule has 1 aliphatic rings. The van der Waals surface area contributed by atoms with Crippen molar-refractivity contribution in [2.45, 2.75) is 32.4 Å². The van der Waals surface area contributed by atoms with E-state index < -0.39 is 10.0 Å². The van der Waals surface area contributed by atoms with Gasteiger partial charge < -0.3 is 4.90 Å². The lowest BCUT2D eigenvalue weighted by molar-refractivity contribution is 0.183. The maximum atomic E-state index is 11.4. The molecule has 1 rings (SSSR count). The second kappa shape index (κ2) is 7.20. The number of rotatable bonds is 6. The Kier molecular flexibility index (Phi) is 6.20. The van der Waals surface area contributed by atoms with Crippen LogP contribution >= 0.6 is 0 Å². The van der Waals surface area contributed by atoms with Gasteiger partial charge in [0.05, 0.1) is 18.4 Å². The minimum atomic E-state index is -3.06. The van der Waals surface area contributed by atoms with Gasteiger partial charge in [0.2, 0.25) is 10.0 Å². The van der Waals surface area contributed by atoms with E-state index in [4.69, 9.17) is 5.26 Å². The van der Waals surface area contributed by atoms with Gasteiger partial charge in [0.25, 0.3) is 0 Å². The SMILES string of the molecule is CC(C)NC(C#N)CCN1CCN(S(C)(=O)=O)CC1. The largest absolute Gasteiger partial charge is 0.301 e. The van der Waals surface area contributed by atoms with E-state index in [-0.39, 0.29) is 6.04 Å². The maximum absolute atomic E-state index is 11.4. The molecule has 0 aromatic heterocycles. The molecule has 0 bridgehead atoms. The third-order valence-electron chi connectivity index (χ3n) is 3.22. The quantitative estimate of drug-likeness (QED) is 0.735. The molecule has 1 heterocycles. The van der Waals surface area contributed by atoms with Gasteiger partial charge in [-0.1, -0.05) is 0 Å². The van der Waals surface area contributed by atoms with Crippen LogP contribution in [0.3, 0.4) is 0 Å². The number of nitriles is 1. The fourth-order valence-corrected chi connectivity index (χ4v) is 3.01. The van der Waals surface area contributed by atoms with Crippen LogP contribution in [0.15, 0.2) is 0 Å². The fraction of sp³-hybridized carbons (Fsp3) is 0.917. The Morgan fingerprint density at radius 1 is 1.26 bits per heavy atom. The van der Waals surface area contributed by atoms with Gasteiger partial charge in [-0.25, -0.2) is 8.42 Å². The first-order chi connectivity index (χ1) is 8.82. The zero-order valence-corrected chi connectivity index (χ0v) is 12.8. The van der Waals surface area contributed by atoms with E-state index in [0.717, 1.165) is 26.1 Å². The average Bonchev–Trinajstić information content (AvgIpc) is 2.33. The summed E-state index contributed by atoms with van der Waals surface area (Å²) in [6.45, 7) is 7.46. The molecule has 1 saturated heterocycles. The Morgan fingerprint density at radius 3 is 2.26 bits per heavy atom. The molecule has 0 radical (unpaired) electrons.